The van der Waals surface area contributed by atoms with Gasteiger partial charge in [-0.1, -0.05) is 30.3 Å². The Morgan fingerprint density at radius 2 is 1.83 bits per heavy atom. The molecule has 3 aromatic rings. The Balaban J connectivity index is 1.81. The van der Waals surface area contributed by atoms with Gasteiger partial charge >= 0.3 is 5.97 Å². The minimum Gasteiger partial charge on any atom is -0.454 e. The summed E-state index contributed by atoms with van der Waals surface area (Å²) in [6.45, 7) is 1.69. The number of aryl methyl sites for hydroxylation is 1. The van der Waals surface area contributed by atoms with Crippen LogP contribution in [0.5, 0.6) is 0 Å². The molecule has 0 bridgehead atoms. The SMILES string of the molecule is Cc1nc(COC(=O)c2ccccc2[N+](=O)[O-])nc2ccccc12. The monoisotopic (exact) mass is 323 g/mol. The molecule has 2 aromatic carbocycles. The van der Waals surface area contributed by atoms with Gasteiger partial charge in [-0.05, 0) is 19.1 Å². The van der Waals surface area contributed by atoms with Crippen molar-refractivity contribution in [3.8, 4) is 0 Å². The number of ether oxygens (including phenoxy) is 1. The van der Waals surface area contributed by atoms with E-state index >= 15 is 0 Å². The molecule has 0 saturated carbocycles. The highest BCUT2D eigenvalue weighted by Crippen LogP contribution is 2.19. The van der Waals surface area contributed by atoms with Gasteiger partial charge in [-0.2, -0.15) is 0 Å². The second kappa shape index (κ2) is 6.41. The van der Waals surface area contributed by atoms with E-state index in [2.05, 4.69) is 9.97 Å². The third kappa shape index (κ3) is 3.05. The average Bonchev–Trinajstić information content (AvgIpc) is 2.59. The smallest absolute Gasteiger partial charge is 0.345 e. The number of rotatable bonds is 4. The van der Waals surface area contributed by atoms with Crippen molar-refractivity contribution in [2.75, 3.05) is 0 Å². The van der Waals surface area contributed by atoms with Crippen LogP contribution in [-0.4, -0.2) is 20.9 Å². The molecule has 0 fully saturated rings. The molecular weight excluding hydrogens is 310 g/mol. The van der Waals surface area contributed by atoms with Crippen molar-refractivity contribution in [3.63, 3.8) is 0 Å². The lowest BCUT2D eigenvalue weighted by Crippen LogP contribution is -2.10. The van der Waals surface area contributed by atoms with Crippen LogP contribution in [0.2, 0.25) is 0 Å². The molecular formula is C17H13N3O4. The zero-order valence-electron chi connectivity index (χ0n) is 12.8. The van der Waals surface area contributed by atoms with Gasteiger partial charge in [0.15, 0.2) is 12.4 Å². The minimum atomic E-state index is -0.781. The van der Waals surface area contributed by atoms with Crippen LogP contribution in [-0.2, 0) is 11.3 Å². The summed E-state index contributed by atoms with van der Waals surface area (Å²) in [6.07, 6.45) is 0. The summed E-state index contributed by atoms with van der Waals surface area (Å²) in [5, 5.41) is 11.9. The summed E-state index contributed by atoms with van der Waals surface area (Å²) in [6, 6.07) is 13.2. The maximum Gasteiger partial charge on any atom is 0.345 e. The fourth-order valence-corrected chi connectivity index (χ4v) is 2.37. The fraction of sp³-hybridized carbons (Fsp3) is 0.118. The summed E-state index contributed by atoms with van der Waals surface area (Å²) in [7, 11) is 0. The summed E-state index contributed by atoms with van der Waals surface area (Å²) in [5.41, 5.74) is 1.14. The molecule has 0 amide bonds. The third-order valence-corrected chi connectivity index (χ3v) is 3.49. The van der Waals surface area contributed by atoms with Crippen LogP contribution in [0.4, 0.5) is 5.69 Å². The van der Waals surface area contributed by atoms with Crippen molar-refractivity contribution >= 4 is 22.6 Å². The topological polar surface area (TPSA) is 95.2 Å². The lowest BCUT2D eigenvalue weighted by atomic mass is 10.2. The number of para-hydroxylation sites is 2. The molecule has 24 heavy (non-hydrogen) atoms. The molecule has 0 N–H and O–H groups in total. The van der Waals surface area contributed by atoms with Crippen molar-refractivity contribution in [2.24, 2.45) is 0 Å². The van der Waals surface area contributed by atoms with E-state index in [0.29, 0.717) is 5.82 Å². The van der Waals surface area contributed by atoms with Gasteiger partial charge < -0.3 is 4.74 Å². The predicted octanol–water partition coefficient (Wildman–Crippen LogP) is 3.20. The standard InChI is InChI=1S/C17H13N3O4/c1-11-12-6-2-4-8-14(12)19-16(18-11)10-24-17(21)13-7-3-5-9-15(13)20(22)23/h2-9H,10H2,1H3. The summed E-state index contributed by atoms with van der Waals surface area (Å²) in [5.74, 6) is -0.435. The van der Waals surface area contributed by atoms with Crippen LogP contribution in [0.15, 0.2) is 48.5 Å². The molecule has 0 aliphatic rings. The first kappa shape index (κ1) is 15.5. The molecule has 0 unspecified atom stereocenters. The van der Waals surface area contributed by atoms with Crippen LogP contribution in [0.25, 0.3) is 10.9 Å². The highest BCUT2D eigenvalue weighted by Gasteiger charge is 2.20. The average molecular weight is 323 g/mol. The van der Waals surface area contributed by atoms with E-state index in [1.54, 1.807) is 6.07 Å². The number of hydrogen-bond donors (Lipinski definition) is 0. The molecule has 0 saturated heterocycles. The number of benzene rings is 2. The second-order valence-electron chi connectivity index (χ2n) is 5.09. The normalized spacial score (nSPS) is 10.5. The van der Waals surface area contributed by atoms with Gasteiger partial charge in [0.05, 0.1) is 10.4 Å². The minimum absolute atomic E-state index is 0.0972. The molecule has 7 heteroatoms. The Morgan fingerprint density at radius 3 is 2.62 bits per heavy atom. The first-order valence-corrected chi connectivity index (χ1v) is 7.19. The van der Waals surface area contributed by atoms with Gasteiger partial charge in [0.1, 0.15) is 5.56 Å². The van der Waals surface area contributed by atoms with Gasteiger partial charge in [0.25, 0.3) is 5.69 Å². The van der Waals surface area contributed by atoms with E-state index in [9.17, 15) is 14.9 Å². The van der Waals surface area contributed by atoms with E-state index < -0.39 is 10.9 Å². The number of carbonyl (C=O) groups is 1. The summed E-state index contributed by atoms with van der Waals surface area (Å²) < 4.78 is 5.14. The van der Waals surface area contributed by atoms with E-state index in [-0.39, 0.29) is 17.9 Å². The number of fused-ring (bicyclic) bond motifs is 1. The van der Waals surface area contributed by atoms with Crippen molar-refractivity contribution in [3.05, 3.63) is 75.7 Å². The maximum atomic E-state index is 12.1. The van der Waals surface area contributed by atoms with E-state index in [1.165, 1.54) is 18.2 Å². The van der Waals surface area contributed by atoms with E-state index in [4.69, 9.17) is 4.74 Å². The first-order chi connectivity index (χ1) is 11.6. The molecule has 1 aromatic heterocycles. The van der Waals surface area contributed by atoms with Crippen LogP contribution in [0, 0.1) is 17.0 Å². The van der Waals surface area contributed by atoms with Gasteiger partial charge in [-0.25, -0.2) is 14.8 Å². The van der Waals surface area contributed by atoms with Crippen molar-refractivity contribution in [1.82, 2.24) is 9.97 Å². The Bertz CT molecular complexity index is 940. The van der Waals surface area contributed by atoms with Crippen LogP contribution < -0.4 is 0 Å². The molecule has 0 aliphatic carbocycles. The Morgan fingerprint density at radius 1 is 1.12 bits per heavy atom. The zero-order chi connectivity index (χ0) is 17.1. The van der Waals surface area contributed by atoms with E-state index in [1.807, 2.05) is 31.2 Å². The number of esters is 1. The number of nitro groups is 1. The quantitative estimate of drug-likeness (QED) is 0.415. The lowest BCUT2D eigenvalue weighted by Gasteiger charge is -2.07. The largest absolute Gasteiger partial charge is 0.454 e. The van der Waals surface area contributed by atoms with Crippen molar-refractivity contribution < 1.29 is 14.5 Å². The maximum absolute atomic E-state index is 12.1. The van der Waals surface area contributed by atoms with Crippen LogP contribution in [0.3, 0.4) is 0 Å². The summed E-state index contributed by atoms with van der Waals surface area (Å²) in [4.78, 5) is 31.1. The zero-order valence-corrected chi connectivity index (χ0v) is 12.8. The Labute approximate surface area is 137 Å². The van der Waals surface area contributed by atoms with Crippen molar-refractivity contribution in [2.45, 2.75) is 13.5 Å². The molecule has 3 rings (SSSR count). The second-order valence-corrected chi connectivity index (χ2v) is 5.09. The number of nitro benzene ring substituents is 1. The summed E-state index contributed by atoms with van der Waals surface area (Å²) >= 11 is 0. The molecule has 0 aliphatic heterocycles. The van der Waals surface area contributed by atoms with Gasteiger partial charge in [0.2, 0.25) is 0 Å². The van der Waals surface area contributed by atoms with Gasteiger partial charge in [-0.15, -0.1) is 0 Å². The number of carbonyl (C=O) groups excluding carboxylic acids is 1. The highest BCUT2D eigenvalue weighted by atomic mass is 16.6. The lowest BCUT2D eigenvalue weighted by molar-refractivity contribution is -0.385. The van der Waals surface area contributed by atoms with Crippen LogP contribution in [0.1, 0.15) is 21.9 Å². The van der Waals surface area contributed by atoms with Crippen molar-refractivity contribution in [1.29, 1.82) is 0 Å². The molecule has 0 atom stereocenters. The number of aromatic nitrogens is 2. The first-order valence-electron chi connectivity index (χ1n) is 7.19. The Hall–Kier alpha value is -3.35. The highest BCUT2D eigenvalue weighted by molar-refractivity contribution is 5.93. The van der Waals surface area contributed by atoms with Gasteiger partial charge in [0, 0.05) is 17.1 Å². The predicted molar refractivity (Wildman–Crippen MR) is 86.5 cm³/mol. The Kier molecular flexibility index (Phi) is 4.15. The molecule has 7 nitrogen and oxygen atoms in total. The molecule has 0 radical (unpaired) electrons. The van der Waals surface area contributed by atoms with Gasteiger partial charge in [-0.3, -0.25) is 10.1 Å². The third-order valence-electron chi connectivity index (χ3n) is 3.49. The molecule has 0 spiro atoms. The molecule has 1 heterocycles. The van der Waals surface area contributed by atoms with E-state index in [0.717, 1.165) is 16.6 Å². The van der Waals surface area contributed by atoms with Crippen LogP contribution >= 0.6 is 0 Å². The number of nitrogens with zero attached hydrogens (tertiary/aromatic N) is 3. The number of hydrogen-bond acceptors (Lipinski definition) is 6. The fourth-order valence-electron chi connectivity index (χ4n) is 2.37. The molecule has 120 valence electrons.